The summed E-state index contributed by atoms with van der Waals surface area (Å²) in [6.45, 7) is 0. The molecule has 1 fully saturated rings. The molecule has 0 saturated carbocycles. The summed E-state index contributed by atoms with van der Waals surface area (Å²) < 4.78 is 0. The van der Waals surface area contributed by atoms with Crippen molar-refractivity contribution < 1.29 is 0 Å². The molecule has 1 aromatic rings. The molecule has 0 aliphatic carbocycles. The summed E-state index contributed by atoms with van der Waals surface area (Å²) in [6, 6.07) is 2.33. The Hall–Kier alpha value is -1.19. The largest absolute Gasteiger partial charge is 0.394 e. The fraction of sp³-hybridized carbons (Fsp3) is 0.500. The van der Waals surface area contributed by atoms with E-state index < -0.39 is 5.54 Å². The Kier molecular flexibility index (Phi) is 3.60. The summed E-state index contributed by atoms with van der Waals surface area (Å²) in [7, 11) is 0. The number of halogens is 1. The van der Waals surface area contributed by atoms with Crippen molar-refractivity contribution in [2.24, 2.45) is 0 Å². The summed E-state index contributed by atoms with van der Waals surface area (Å²) in [6.07, 6.45) is 2.99. The van der Waals surface area contributed by atoms with Gasteiger partial charge < -0.3 is 11.1 Å². The second-order valence-electron chi connectivity index (χ2n) is 3.87. The number of anilines is 2. The van der Waals surface area contributed by atoms with Crippen molar-refractivity contribution in [2.75, 3.05) is 22.6 Å². The zero-order valence-electron chi connectivity index (χ0n) is 9.11. The van der Waals surface area contributed by atoms with Crippen LogP contribution in [0.2, 0.25) is 5.28 Å². The third kappa shape index (κ3) is 2.73. The lowest BCUT2D eigenvalue weighted by atomic mass is 9.94. The third-order valence-electron chi connectivity index (χ3n) is 2.71. The number of nitrogens with zero attached hydrogens (tertiary/aromatic N) is 3. The van der Waals surface area contributed by atoms with Crippen molar-refractivity contribution in [3.05, 3.63) is 11.5 Å². The number of hydrogen-bond acceptors (Lipinski definition) is 6. The Labute approximate surface area is 109 Å². The first-order chi connectivity index (χ1) is 8.15. The second-order valence-corrected chi connectivity index (χ2v) is 5.44. The maximum Gasteiger partial charge on any atom is 0.224 e. The average molecular weight is 270 g/mol. The van der Waals surface area contributed by atoms with Gasteiger partial charge in [-0.15, -0.1) is 0 Å². The van der Waals surface area contributed by atoms with Gasteiger partial charge >= 0.3 is 0 Å². The zero-order valence-corrected chi connectivity index (χ0v) is 10.7. The molecule has 17 heavy (non-hydrogen) atoms. The molecule has 0 spiro atoms. The van der Waals surface area contributed by atoms with E-state index in [1.54, 1.807) is 0 Å². The Bertz CT molecular complexity index is 452. The Balaban J connectivity index is 2.23. The zero-order chi connectivity index (χ0) is 12.3. The van der Waals surface area contributed by atoms with Crippen LogP contribution >= 0.6 is 23.4 Å². The molecule has 2 rings (SSSR count). The van der Waals surface area contributed by atoms with Gasteiger partial charge in [0.25, 0.3) is 0 Å². The van der Waals surface area contributed by atoms with E-state index >= 15 is 0 Å². The van der Waals surface area contributed by atoms with Crippen LogP contribution in [0.15, 0.2) is 6.20 Å². The molecule has 7 heteroatoms. The molecule has 0 bridgehead atoms. The lowest BCUT2D eigenvalue weighted by Crippen LogP contribution is -2.40. The maximum atomic E-state index is 9.32. The molecule has 1 aliphatic rings. The summed E-state index contributed by atoms with van der Waals surface area (Å²) in [5.41, 5.74) is 5.58. The number of nitriles is 1. The van der Waals surface area contributed by atoms with Gasteiger partial charge in [0.2, 0.25) is 5.28 Å². The van der Waals surface area contributed by atoms with Crippen LogP contribution in [0.25, 0.3) is 0 Å². The molecule has 3 N–H and O–H groups in total. The lowest BCUT2D eigenvalue weighted by molar-refractivity contribution is 0.543. The van der Waals surface area contributed by atoms with E-state index in [1.165, 1.54) is 6.20 Å². The van der Waals surface area contributed by atoms with Crippen molar-refractivity contribution in [3.8, 4) is 6.07 Å². The van der Waals surface area contributed by atoms with E-state index in [0.717, 1.165) is 24.3 Å². The minimum atomic E-state index is -0.586. The number of nitrogen functional groups attached to an aromatic ring is 1. The highest BCUT2D eigenvalue weighted by Crippen LogP contribution is 2.31. The molecule has 0 unspecified atom stereocenters. The van der Waals surface area contributed by atoms with Crippen molar-refractivity contribution in [1.29, 1.82) is 5.26 Å². The first-order valence-electron chi connectivity index (χ1n) is 5.20. The Morgan fingerprint density at radius 3 is 2.88 bits per heavy atom. The van der Waals surface area contributed by atoms with Gasteiger partial charge in [0.15, 0.2) is 5.82 Å². The molecule has 0 aromatic carbocycles. The SMILES string of the molecule is N#CC1(Nc2nc(Cl)ncc2N)CCSCC1. The van der Waals surface area contributed by atoms with Crippen LogP contribution in [0, 0.1) is 11.3 Å². The lowest BCUT2D eigenvalue weighted by Gasteiger charge is -2.32. The second kappa shape index (κ2) is 4.98. The van der Waals surface area contributed by atoms with Gasteiger partial charge in [-0.1, -0.05) is 0 Å². The van der Waals surface area contributed by atoms with Gasteiger partial charge in [0.05, 0.1) is 18.0 Å². The van der Waals surface area contributed by atoms with Crippen LogP contribution in [0.1, 0.15) is 12.8 Å². The fourth-order valence-electron chi connectivity index (χ4n) is 1.68. The predicted octanol–water partition coefficient (Wildman–Crippen LogP) is 1.91. The van der Waals surface area contributed by atoms with Crippen molar-refractivity contribution in [2.45, 2.75) is 18.4 Å². The molecular formula is C10H12ClN5S. The highest BCUT2D eigenvalue weighted by Gasteiger charge is 2.33. The number of hydrogen-bond donors (Lipinski definition) is 2. The van der Waals surface area contributed by atoms with Crippen LogP contribution in [-0.4, -0.2) is 27.0 Å². The highest BCUT2D eigenvalue weighted by atomic mass is 35.5. The quantitative estimate of drug-likeness (QED) is 0.798. The Morgan fingerprint density at radius 1 is 1.53 bits per heavy atom. The molecule has 5 nitrogen and oxygen atoms in total. The number of thioether (sulfide) groups is 1. The van der Waals surface area contributed by atoms with Gasteiger partial charge in [-0.3, -0.25) is 0 Å². The number of nitrogens with two attached hydrogens (primary N) is 1. The number of rotatable bonds is 2. The predicted molar refractivity (Wildman–Crippen MR) is 70.0 cm³/mol. The summed E-state index contributed by atoms with van der Waals surface area (Å²) in [5.74, 6) is 2.36. The molecule has 1 aliphatic heterocycles. The molecule has 0 atom stereocenters. The highest BCUT2D eigenvalue weighted by molar-refractivity contribution is 7.99. The summed E-state index contributed by atoms with van der Waals surface area (Å²) in [5, 5.41) is 12.6. The first kappa shape index (κ1) is 12.3. The molecule has 2 heterocycles. The third-order valence-corrected chi connectivity index (χ3v) is 3.87. The van der Waals surface area contributed by atoms with E-state index in [2.05, 4.69) is 21.4 Å². The minimum Gasteiger partial charge on any atom is -0.394 e. The van der Waals surface area contributed by atoms with E-state index in [9.17, 15) is 5.26 Å². The van der Waals surface area contributed by atoms with Crippen LogP contribution in [-0.2, 0) is 0 Å². The standard InChI is InChI=1S/C10H12ClN5S/c11-9-14-5-7(13)8(15-9)16-10(6-12)1-3-17-4-2-10/h5H,1-4,13H2,(H,14,15,16). The van der Waals surface area contributed by atoms with Crippen LogP contribution < -0.4 is 11.1 Å². The van der Waals surface area contributed by atoms with Gasteiger partial charge in [0.1, 0.15) is 5.54 Å². The van der Waals surface area contributed by atoms with Crippen LogP contribution in [0.5, 0.6) is 0 Å². The van der Waals surface area contributed by atoms with E-state index in [-0.39, 0.29) is 5.28 Å². The number of nitrogens with one attached hydrogen (secondary N) is 1. The first-order valence-corrected chi connectivity index (χ1v) is 6.74. The molecular weight excluding hydrogens is 258 g/mol. The van der Waals surface area contributed by atoms with E-state index in [1.807, 2.05) is 11.8 Å². The summed E-state index contributed by atoms with van der Waals surface area (Å²) >= 11 is 7.57. The van der Waals surface area contributed by atoms with Crippen molar-refractivity contribution in [1.82, 2.24) is 9.97 Å². The topological polar surface area (TPSA) is 87.6 Å². The van der Waals surface area contributed by atoms with Gasteiger partial charge in [0, 0.05) is 0 Å². The maximum absolute atomic E-state index is 9.32. The average Bonchev–Trinajstić information content (AvgIpc) is 2.35. The monoisotopic (exact) mass is 269 g/mol. The van der Waals surface area contributed by atoms with Crippen LogP contribution in [0.4, 0.5) is 11.5 Å². The van der Waals surface area contributed by atoms with E-state index in [0.29, 0.717) is 11.5 Å². The fourth-order valence-corrected chi connectivity index (χ4v) is 3.00. The molecule has 90 valence electrons. The molecule has 0 radical (unpaired) electrons. The van der Waals surface area contributed by atoms with Gasteiger partial charge in [-0.05, 0) is 35.9 Å². The van der Waals surface area contributed by atoms with Crippen molar-refractivity contribution in [3.63, 3.8) is 0 Å². The Morgan fingerprint density at radius 2 is 2.24 bits per heavy atom. The smallest absolute Gasteiger partial charge is 0.224 e. The normalized spacial score (nSPS) is 18.4. The molecule has 1 aromatic heterocycles. The van der Waals surface area contributed by atoms with Crippen LogP contribution in [0.3, 0.4) is 0 Å². The van der Waals surface area contributed by atoms with E-state index in [4.69, 9.17) is 17.3 Å². The summed E-state index contributed by atoms with van der Waals surface area (Å²) in [4.78, 5) is 7.80. The molecule has 1 saturated heterocycles. The van der Waals surface area contributed by atoms with Gasteiger partial charge in [-0.2, -0.15) is 22.0 Å². The number of aromatic nitrogens is 2. The minimum absolute atomic E-state index is 0.125. The van der Waals surface area contributed by atoms with Crippen molar-refractivity contribution >= 4 is 34.9 Å². The van der Waals surface area contributed by atoms with Gasteiger partial charge in [-0.25, -0.2) is 4.98 Å². The molecule has 0 amide bonds.